The number of thioether (sulfide) groups is 1. The molecule has 26 heavy (non-hydrogen) atoms. The van der Waals surface area contributed by atoms with E-state index in [2.05, 4.69) is 31.4 Å². The molecular weight excluding hydrogens is 432 g/mol. The number of carbonyl (C=O) groups excluding carboxylic acids is 1. The molecule has 1 saturated heterocycles. The average molecular weight is 445 g/mol. The lowest BCUT2D eigenvalue weighted by Crippen LogP contribution is -2.26. The van der Waals surface area contributed by atoms with Crippen molar-refractivity contribution >= 4 is 56.6 Å². The van der Waals surface area contributed by atoms with Crippen LogP contribution in [0.15, 0.2) is 14.7 Å². The number of amidine groups is 1. The number of benzene rings is 1. The van der Waals surface area contributed by atoms with E-state index in [1.54, 1.807) is 0 Å². The summed E-state index contributed by atoms with van der Waals surface area (Å²) in [5.41, 5.74) is 0.441. The molecular formula is C14H13BrN4O6S. The minimum absolute atomic E-state index is 0.106. The molecule has 0 aliphatic carbocycles. The number of nitrogens with zero attached hydrogens (tertiary/aromatic N) is 3. The van der Waals surface area contributed by atoms with Gasteiger partial charge in [-0.05, 0) is 29.8 Å². The van der Waals surface area contributed by atoms with Crippen molar-refractivity contribution in [3.8, 4) is 5.75 Å². The highest BCUT2D eigenvalue weighted by Gasteiger charge is 2.32. The molecule has 1 aromatic rings. The molecule has 0 bridgehead atoms. The third kappa shape index (κ3) is 4.02. The smallest absolute Gasteiger partial charge is 0.305 e. The molecule has 3 N–H and O–H groups in total. The summed E-state index contributed by atoms with van der Waals surface area (Å²) < 4.78 is 0.175. The molecule has 0 radical (unpaired) electrons. The molecule has 1 aliphatic rings. The third-order valence-electron chi connectivity index (χ3n) is 3.56. The van der Waals surface area contributed by atoms with Gasteiger partial charge in [0.25, 0.3) is 5.69 Å². The van der Waals surface area contributed by atoms with Crippen LogP contribution in [0.5, 0.6) is 5.75 Å². The second-order valence-corrected chi connectivity index (χ2v) is 7.26. The Morgan fingerprint density at radius 2 is 2.12 bits per heavy atom. The van der Waals surface area contributed by atoms with Crippen LogP contribution in [0.3, 0.4) is 0 Å². The van der Waals surface area contributed by atoms with Crippen LogP contribution in [-0.2, 0) is 9.59 Å². The Morgan fingerprint density at radius 3 is 2.69 bits per heavy atom. The summed E-state index contributed by atoms with van der Waals surface area (Å²) in [6.45, 7) is 2.98. The van der Waals surface area contributed by atoms with Gasteiger partial charge in [-0.2, -0.15) is 5.10 Å². The van der Waals surface area contributed by atoms with Crippen LogP contribution in [0, 0.1) is 24.0 Å². The topological polar surface area (TPSA) is 154 Å². The van der Waals surface area contributed by atoms with E-state index in [1.165, 1.54) is 13.8 Å². The lowest BCUT2D eigenvalue weighted by molar-refractivity contribution is -0.386. The quantitative estimate of drug-likeness (QED) is 0.356. The number of nitro groups is 1. The largest absolute Gasteiger partial charge is 0.506 e. The van der Waals surface area contributed by atoms with Crippen molar-refractivity contribution in [1.82, 2.24) is 5.32 Å². The van der Waals surface area contributed by atoms with Gasteiger partial charge in [0.1, 0.15) is 11.0 Å². The van der Waals surface area contributed by atoms with Gasteiger partial charge in [-0.1, -0.05) is 11.8 Å². The maximum atomic E-state index is 11.6. The first-order chi connectivity index (χ1) is 12.1. The Hall–Kier alpha value is -2.47. The van der Waals surface area contributed by atoms with Crippen molar-refractivity contribution < 1.29 is 24.7 Å². The SMILES string of the molecule is Cc1c(Br)c(O)c(C=NN=C2NC(=O)C(CC(=O)O)S2)c(C)c1[N+](=O)[O-]. The second-order valence-electron chi connectivity index (χ2n) is 5.28. The van der Waals surface area contributed by atoms with Crippen LogP contribution >= 0.6 is 27.7 Å². The highest BCUT2D eigenvalue weighted by molar-refractivity contribution is 9.10. The van der Waals surface area contributed by atoms with Crippen LogP contribution in [-0.4, -0.2) is 43.6 Å². The van der Waals surface area contributed by atoms with E-state index in [4.69, 9.17) is 5.11 Å². The van der Waals surface area contributed by atoms with Crippen molar-refractivity contribution in [3.05, 3.63) is 31.3 Å². The maximum absolute atomic E-state index is 11.6. The molecule has 138 valence electrons. The first-order valence-electron chi connectivity index (χ1n) is 7.09. The lowest BCUT2D eigenvalue weighted by atomic mass is 10.0. The summed E-state index contributed by atoms with van der Waals surface area (Å²) in [5.74, 6) is -1.82. The van der Waals surface area contributed by atoms with E-state index in [0.29, 0.717) is 0 Å². The Bertz CT molecular complexity index is 870. The molecule has 1 unspecified atom stereocenters. The summed E-state index contributed by atoms with van der Waals surface area (Å²) in [6.07, 6.45) is 0.780. The van der Waals surface area contributed by atoms with Crippen LogP contribution in [0.1, 0.15) is 23.1 Å². The van der Waals surface area contributed by atoms with Gasteiger partial charge in [-0.15, -0.1) is 5.10 Å². The van der Waals surface area contributed by atoms with E-state index >= 15 is 0 Å². The Labute approximate surface area is 159 Å². The highest BCUT2D eigenvalue weighted by atomic mass is 79.9. The molecule has 12 heteroatoms. The fourth-order valence-corrected chi connectivity index (χ4v) is 3.62. The minimum atomic E-state index is -1.11. The molecule has 1 aliphatic heterocycles. The van der Waals surface area contributed by atoms with Crippen LogP contribution in [0.2, 0.25) is 0 Å². The Morgan fingerprint density at radius 1 is 1.46 bits per heavy atom. The lowest BCUT2D eigenvalue weighted by Gasteiger charge is -2.10. The van der Waals surface area contributed by atoms with Crippen molar-refractivity contribution in [1.29, 1.82) is 0 Å². The Balaban J connectivity index is 2.31. The highest BCUT2D eigenvalue weighted by Crippen LogP contribution is 2.39. The molecule has 1 amide bonds. The number of aromatic hydroxyl groups is 1. The van der Waals surface area contributed by atoms with Gasteiger partial charge in [-0.3, -0.25) is 19.7 Å². The fraction of sp³-hybridized carbons (Fsp3) is 0.286. The number of nitrogens with one attached hydrogen (secondary N) is 1. The van der Waals surface area contributed by atoms with Crippen molar-refractivity contribution in [2.45, 2.75) is 25.5 Å². The molecule has 1 fully saturated rings. The van der Waals surface area contributed by atoms with Gasteiger partial charge in [0, 0.05) is 16.7 Å². The van der Waals surface area contributed by atoms with Crippen LogP contribution in [0.25, 0.3) is 0 Å². The van der Waals surface area contributed by atoms with E-state index in [9.17, 15) is 24.8 Å². The number of carboxylic acid groups (broad SMARTS) is 1. The number of nitro benzene ring substituents is 1. The number of rotatable bonds is 5. The number of phenolic OH excluding ortho intramolecular Hbond substituents is 1. The van der Waals surface area contributed by atoms with Gasteiger partial charge in [0.2, 0.25) is 5.91 Å². The number of halogens is 1. The van der Waals surface area contributed by atoms with Crippen LogP contribution < -0.4 is 5.32 Å². The molecule has 1 atom stereocenters. The van der Waals surface area contributed by atoms with Crippen molar-refractivity contribution in [2.24, 2.45) is 10.2 Å². The summed E-state index contributed by atoms with van der Waals surface area (Å²) in [7, 11) is 0. The zero-order valence-corrected chi connectivity index (χ0v) is 15.9. The predicted octanol–water partition coefficient (Wildman–Crippen LogP) is 2.08. The molecule has 0 saturated carbocycles. The second kappa shape index (κ2) is 7.83. The van der Waals surface area contributed by atoms with E-state index in [-0.39, 0.29) is 44.2 Å². The normalized spacial score (nSPS) is 18.5. The molecule has 2 rings (SSSR count). The fourth-order valence-electron chi connectivity index (χ4n) is 2.30. The summed E-state index contributed by atoms with van der Waals surface area (Å²) in [6, 6.07) is 0. The van der Waals surface area contributed by atoms with E-state index in [1.807, 2.05) is 0 Å². The first-order valence-corrected chi connectivity index (χ1v) is 8.77. The molecule has 1 heterocycles. The summed E-state index contributed by atoms with van der Waals surface area (Å²) in [5, 5.41) is 39.4. The van der Waals surface area contributed by atoms with E-state index < -0.39 is 22.0 Å². The standard InChI is InChI=1S/C14H13BrN4O6S/c1-5-7(12(22)10(15)6(2)11(5)19(24)25)4-16-18-14-17-13(23)8(26-14)3-9(20)21/h4,8,22H,3H2,1-2H3,(H,20,21)(H,17,18,23). The van der Waals surface area contributed by atoms with Gasteiger partial charge in [0.15, 0.2) is 5.17 Å². The van der Waals surface area contributed by atoms with Crippen LogP contribution in [0.4, 0.5) is 5.69 Å². The zero-order valence-electron chi connectivity index (χ0n) is 13.5. The molecule has 0 spiro atoms. The monoisotopic (exact) mass is 444 g/mol. The summed E-state index contributed by atoms with van der Waals surface area (Å²) >= 11 is 4.03. The number of hydrogen-bond donors (Lipinski definition) is 3. The summed E-state index contributed by atoms with van der Waals surface area (Å²) in [4.78, 5) is 33.0. The van der Waals surface area contributed by atoms with Gasteiger partial charge >= 0.3 is 5.97 Å². The number of hydrogen-bond acceptors (Lipinski definition) is 8. The average Bonchev–Trinajstić information content (AvgIpc) is 2.87. The van der Waals surface area contributed by atoms with Crippen molar-refractivity contribution in [2.75, 3.05) is 0 Å². The number of aliphatic carboxylic acids is 1. The minimum Gasteiger partial charge on any atom is -0.506 e. The zero-order chi connectivity index (χ0) is 19.6. The van der Waals surface area contributed by atoms with Crippen molar-refractivity contribution in [3.63, 3.8) is 0 Å². The number of phenols is 1. The number of carboxylic acids is 1. The number of amides is 1. The molecule has 10 nitrogen and oxygen atoms in total. The Kier molecular flexibility index (Phi) is 5.97. The third-order valence-corrected chi connectivity index (χ3v) is 5.60. The maximum Gasteiger partial charge on any atom is 0.305 e. The van der Waals surface area contributed by atoms with Gasteiger partial charge < -0.3 is 15.5 Å². The predicted molar refractivity (Wildman–Crippen MR) is 98.7 cm³/mol. The first kappa shape index (κ1) is 19.8. The molecule has 1 aromatic carbocycles. The van der Waals surface area contributed by atoms with Gasteiger partial charge in [0.05, 0.1) is 22.0 Å². The molecule has 0 aromatic heterocycles. The number of carbonyl (C=O) groups is 2. The van der Waals surface area contributed by atoms with Gasteiger partial charge in [-0.25, -0.2) is 0 Å². The van der Waals surface area contributed by atoms with E-state index in [0.717, 1.165) is 18.0 Å².